The van der Waals surface area contributed by atoms with E-state index in [1.165, 1.54) is 20.8 Å². The zero-order valence-electron chi connectivity index (χ0n) is 11.0. The SMILES string of the molecule is CCC(C)(C(=O)N(CC(F)(F)F)C(C)C)C(N)=S. The van der Waals surface area contributed by atoms with Gasteiger partial charge < -0.3 is 10.6 Å². The molecular weight excluding hydrogens is 265 g/mol. The summed E-state index contributed by atoms with van der Waals surface area (Å²) in [6.45, 7) is 4.91. The topological polar surface area (TPSA) is 46.3 Å². The second kappa shape index (κ2) is 5.86. The fourth-order valence-corrected chi connectivity index (χ4v) is 1.66. The molecule has 0 bridgehead atoms. The summed E-state index contributed by atoms with van der Waals surface area (Å²) in [7, 11) is 0. The minimum absolute atomic E-state index is 0.0807. The highest BCUT2D eigenvalue weighted by Gasteiger charge is 2.42. The highest BCUT2D eigenvalue weighted by molar-refractivity contribution is 7.80. The molecule has 1 atom stereocenters. The smallest absolute Gasteiger partial charge is 0.392 e. The van der Waals surface area contributed by atoms with Crippen LogP contribution < -0.4 is 5.73 Å². The van der Waals surface area contributed by atoms with Crippen molar-refractivity contribution < 1.29 is 18.0 Å². The van der Waals surface area contributed by atoms with E-state index in [1.807, 2.05) is 0 Å². The molecule has 3 nitrogen and oxygen atoms in total. The molecule has 0 aromatic carbocycles. The number of carbonyl (C=O) groups excluding carboxylic acids is 1. The predicted octanol–water partition coefficient (Wildman–Crippen LogP) is 2.49. The van der Waals surface area contributed by atoms with Gasteiger partial charge in [-0.3, -0.25) is 4.79 Å². The number of alkyl halides is 3. The van der Waals surface area contributed by atoms with Crippen molar-refractivity contribution in [3.05, 3.63) is 0 Å². The van der Waals surface area contributed by atoms with Gasteiger partial charge in [0.2, 0.25) is 5.91 Å². The first-order chi connectivity index (χ1) is 7.95. The zero-order valence-corrected chi connectivity index (χ0v) is 11.8. The largest absolute Gasteiger partial charge is 0.406 e. The van der Waals surface area contributed by atoms with Gasteiger partial charge in [0.05, 0.1) is 10.4 Å². The first-order valence-corrected chi connectivity index (χ1v) is 6.04. The van der Waals surface area contributed by atoms with E-state index in [9.17, 15) is 18.0 Å². The molecule has 0 aliphatic heterocycles. The summed E-state index contributed by atoms with van der Waals surface area (Å²) >= 11 is 4.80. The Morgan fingerprint density at radius 1 is 1.39 bits per heavy atom. The molecule has 0 radical (unpaired) electrons. The van der Waals surface area contributed by atoms with Crippen LogP contribution in [0.1, 0.15) is 34.1 Å². The first kappa shape index (κ1) is 17.2. The van der Waals surface area contributed by atoms with Crippen LogP contribution in [0.4, 0.5) is 13.2 Å². The minimum Gasteiger partial charge on any atom is -0.392 e. The van der Waals surface area contributed by atoms with Crippen molar-refractivity contribution in [2.24, 2.45) is 11.1 Å². The normalized spacial score (nSPS) is 15.3. The Labute approximate surface area is 111 Å². The Morgan fingerprint density at radius 2 is 1.83 bits per heavy atom. The van der Waals surface area contributed by atoms with Gasteiger partial charge in [0, 0.05) is 6.04 Å². The van der Waals surface area contributed by atoms with Gasteiger partial charge in [0.25, 0.3) is 0 Å². The number of hydrogen-bond donors (Lipinski definition) is 1. The van der Waals surface area contributed by atoms with E-state index in [1.54, 1.807) is 6.92 Å². The Hall–Kier alpha value is -0.850. The Kier molecular flexibility index (Phi) is 5.58. The molecule has 0 aromatic heterocycles. The average molecular weight is 284 g/mol. The summed E-state index contributed by atoms with van der Waals surface area (Å²) < 4.78 is 37.4. The molecule has 0 heterocycles. The van der Waals surface area contributed by atoms with Crippen LogP contribution in [0.15, 0.2) is 0 Å². The molecule has 7 heteroatoms. The van der Waals surface area contributed by atoms with E-state index in [0.29, 0.717) is 0 Å². The number of nitrogens with two attached hydrogens (primary N) is 1. The molecule has 0 aliphatic carbocycles. The summed E-state index contributed by atoms with van der Waals surface area (Å²) in [6.07, 6.45) is -4.17. The third-order valence-corrected chi connectivity index (χ3v) is 3.41. The van der Waals surface area contributed by atoms with Gasteiger partial charge in [0.1, 0.15) is 6.54 Å². The molecule has 106 valence electrons. The van der Waals surface area contributed by atoms with Gasteiger partial charge in [-0.2, -0.15) is 13.2 Å². The van der Waals surface area contributed by atoms with Gasteiger partial charge in [-0.25, -0.2) is 0 Å². The highest BCUT2D eigenvalue weighted by Crippen LogP contribution is 2.28. The van der Waals surface area contributed by atoms with Crippen LogP contribution >= 0.6 is 12.2 Å². The molecule has 1 unspecified atom stereocenters. The molecule has 0 fully saturated rings. The number of carbonyl (C=O) groups is 1. The maximum atomic E-state index is 12.5. The average Bonchev–Trinajstić information content (AvgIpc) is 2.21. The Morgan fingerprint density at radius 3 is 2.06 bits per heavy atom. The second-order valence-corrected chi connectivity index (χ2v) is 5.13. The zero-order chi connectivity index (χ0) is 14.7. The van der Waals surface area contributed by atoms with E-state index >= 15 is 0 Å². The van der Waals surface area contributed by atoms with Crippen LogP contribution in [-0.2, 0) is 4.79 Å². The summed E-state index contributed by atoms with van der Waals surface area (Å²) in [5.41, 5.74) is 4.26. The number of thiocarbonyl (C=S) groups is 1. The van der Waals surface area contributed by atoms with Crippen LogP contribution in [-0.4, -0.2) is 34.6 Å². The Balaban J connectivity index is 5.27. The highest BCUT2D eigenvalue weighted by atomic mass is 32.1. The van der Waals surface area contributed by atoms with Crippen LogP contribution in [0.25, 0.3) is 0 Å². The molecular formula is C11H19F3N2OS. The third kappa shape index (κ3) is 4.12. The van der Waals surface area contributed by atoms with Crippen molar-refractivity contribution in [1.82, 2.24) is 4.90 Å². The molecule has 0 spiro atoms. The van der Waals surface area contributed by atoms with Crippen molar-refractivity contribution in [2.45, 2.75) is 46.3 Å². The van der Waals surface area contributed by atoms with Crippen molar-refractivity contribution >= 4 is 23.1 Å². The predicted molar refractivity (Wildman–Crippen MR) is 68.1 cm³/mol. The van der Waals surface area contributed by atoms with Crippen molar-refractivity contribution in [3.8, 4) is 0 Å². The number of halogens is 3. The number of amides is 1. The van der Waals surface area contributed by atoms with Gasteiger partial charge in [-0.05, 0) is 27.2 Å². The van der Waals surface area contributed by atoms with Crippen LogP contribution in [0.2, 0.25) is 0 Å². The van der Waals surface area contributed by atoms with Crippen molar-refractivity contribution in [3.63, 3.8) is 0 Å². The van der Waals surface area contributed by atoms with E-state index in [4.69, 9.17) is 18.0 Å². The lowest BCUT2D eigenvalue weighted by atomic mass is 9.85. The lowest BCUT2D eigenvalue weighted by Crippen LogP contribution is -2.53. The van der Waals surface area contributed by atoms with E-state index in [-0.39, 0.29) is 11.4 Å². The number of nitrogens with zero attached hydrogens (tertiary/aromatic N) is 1. The number of hydrogen-bond acceptors (Lipinski definition) is 2. The van der Waals surface area contributed by atoms with Crippen molar-refractivity contribution in [2.75, 3.05) is 6.54 Å². The molecule has 0 aliphatic rings. The van der Waals surface area contributed by atoms with E-state index < -0.39 is 30.1 Å². The van der Waals surface area contributed by atoms with Crippen LogP contribution in [0.3, 0.4) is 0 Å². The van der Waals surface area contributed by atoms with Gasteiger partial charge in [0.15, 0.2) is 0 Å². The maximum Gasteiger partial charge on any atom is 0.406 e. The molecule has 2 N–H and O–H groups in total. The summed E-state index contributed by atoms with van der Waals surface area (Å²) in [6, 6.07) is -0.570. The van der Waals surface area contributed by atoms with Crippen molar-refractivity contribution in [1.29, 1.82) is 0 Å². The third-order valence-electron chi connectivity index (χ3n) is 2.96. The summed E-state index contributed by atoms with van der Waals surface area (Å²) in [5.74, 6) is -0.676. The van der Waals surface area contributed by atoms with Gasteiger partial charge >= 0.3 is 6.18 Å². The minimum atomic E-state index is -4.44. The first-order valence-electron chi connectivity index (χ1n) is 5.63. The molecule has 0 saturated heterocycles. The monoisotopic (exact) mass is 284 g/mol. The molecule has 0 saturated carbocycles. The molecule has 1 amide bonds. The van der Waals surface area contributed by atoms with Crippen LogP contribution in [0, 0.1) is 5.41 Å². The molecule has 18 heavy (non-hydrogen) atoms. The second-order valence-electron chi connectivity index (χ2n) is 4.69. The fourth-order valence-electron chi connectivity index (χ4n) is 1.43. The quantitative estimate of drug-likeness (QED) is 0.789. The van der Waals surface area contributed by atoms with Crippen LogP contribution in [0.5, 0.6) is 0 Å². The van der Waals surface area contributed by atoms with Gasteiger partial charge in [-0.1, -0.05) is 19.1 Å². The number of rotatable bonds is 5. The van der Waals surface area contributed by atoms with E-state index in [0.717, 1.165) is 4.90 Å². The Bertz CT molecular complexity index is 331. The summed E-state index contributed by atoms with van der Waals surface area (Å²) in [5, 5.41) is 0. The maximum absolute atomic E-state index is 12.5. The lowest BCUT2D eigenvalue weighted by Gasteiger charge is -2.36. The summed E-state index contributed by atoms with van der Waals surface area (Å²) in [4.78, 5) is 12.9. The standard InChI is InChI=1S/C11H19F3N2OS/c1-5-10(4,8(15)18)9(17)16(7(2)3)6-11(12,13)14/h7H,5-6H2,1-4H3,(H2,15,18). The fraction of sp³-hybridized carbons (Fsp3) is 0.818. The van der Waals surface area contributed by atoms with E-state index in [2.05, 4.69) is 0 Å². The molecule has 0 rings (SSSR count). The van der Waals surface area contributed by atoms with Gasteiger partial charge in [-0.15, -0.1) is 0 Å². The lowest BCUT2D eigenvalue weighted by molar-refractivity contribution is -0.168. The molecule has 0 aromatic rings.